The second-order valence-electron chi connectivity index (χ2n) is 2.56. The molecule has 0 aliphatic rings. The van der Waals surface area contributed by atoms with Crippen LogP contribution in [-0.2, 0) is 0 Å². The molecule has 0 amide bonds. The van der Waals surface area contributed by atoms with E-state index in [0.717, 1.165) is 11.3 Å². The van der Waals surface area contributed by atoms with Crippen LogP contribution in [0.5, 0.6) is 0 Å². The van der Waals surface area contributed by atoms with Gasteiger partial charge in [-0.3, -0.25) is 0 Å². The summed E-state index contributed by atoms with van der Waals surface area (Å²) in [5.74, 6) is 0.824. The number of hydrogen-bond acceptors (Lipinski definition) is 3. The van der Waals surface area contributed by atoms with Crippen molar-refractivity contribution in [3.8, 4) is 11.3 Å². The maximum atomic E-state index is 5.47. The van der Waals surface area contributed by atoms with Gasteiger partial charge in [-0.05, 0) is 6.26 Å². The van der Waals surface area contributed by atoms with Crippen molar-refractivity contribution < 1.29 is 4.42 Å². The molecule has 0 unspecified atom stereocenters. The van der Waals surface area contributed by atoms with E-state index in [1.54, 1.807) is 6.20 Å². The summed E-state index contributed by atoms with van der Waals surface area (Å²) < 4.78 is 5.47. The quantitative estimate of drug-likeness (QED) is 0.682. The highest BCUT2D eigenvalue weighted by Gasteiger charge is 2.03. The molecule has 3 heteroatoms. The lowest BCUT2D eigenvalue weighted by molar-refractivity contribution is 0.467. The Hall–Kier alpha value is -1.22. The van der Waals surface area contributed by atoms with Crippen molar-refractivity contribution in [2.45, 2.75) is 5.22 Å². The fourth-order valence-electron chi connectivity index (χ4n) is 1.09. The lowest BCUT2D eigenvalue weighted by Gasteiger charge is -1.92. The topological polar surface area (TPSA) is 26.0 Å². The summed E-state index contributed by atoms with van der Waals surface area (Å²) in [5.41, 5.74) is 1.07. The molecular formula is C10H9NOS. The molecule has 1 heterocycles. The molecule has 0 saturated heterocycles. The van der Waals surface area contributed by atoms with Gasteiger partial charge in [0.15, 0.2) is 5.76 Å². The van der Waals surface area contributed by atoms with Crippen LogP contribution in [-0.4, -0.2) is 11.2 Å². The highest BCUT2D eigenvalue weighted by molar-refractivity contribution is 7.98. The standard InChI is InChI=1S/C10H9NOS/c1-13-10-11-7-9(12-10)8-5-3-2-4-6-8/h2-7H,1H3. The minimum absolute atomic E-state index is 0.707. The SMILES string of the molecule is CSc1ncc(-c2ccccc2)o1. The molecule has 13 heavy (non-hydrogen) atoms. The Labute approximate surface area is 81.0 Å². The van der Waals surface area contributed by atoms with E-state index in [1.165, 1.54) is 11.8 Å². The Kier molecular flexibility index (Phi) is 2.36. The van der Waals surface area contributed by atoms with Gasteiger partial charge in [-0.2, -0.15) is 0 Å². The molecule has 2 aromatic rings. The Morgan fingerprint density at radius 3 is 2.62 bits per heavy atom. The van der Waals surface area contributed by atoms with Crippen molar-refractivity contribution in [3.63, 3.8) is 0 Å². The van der Waals surface area contributed by atoms with Crippen LogP contribution in [0.2, 0.25) is 0 Å². The largest absolute Gasteiger partial charge is 0.431 e. The van der Waals surface area contributed by atoms with Gasteiger partial charge in [0.05, 0.1) is 6.20 Å². The van der Waals surface area contributed by atoms with Gasteiger partial charge in [0.1, 0.15) is 0 Å². The van der Waals surface area contributed by atoms with E-state index >= 15 is 0 Å². The Morgan fingerprint density at radius 2 is 2.00 bits per heavy atom. The summed E-state index contributed by atoms with van der Waals surface area (Å²) in [5, 5.41) is 0.707. The third-order valence-corrected chi connectivity index (χ3v) is 2.26. The average Bonchev–Trinajstić information content (AvgIpc) is 2.67. The second-order valence-corrected chi connectivity index (χ2v) is 3.32. The van der Waals surface area contributed by atoms with Crippen LogP contribution < -0.4 is 0 Å². The number of thioether (sulfide) groups is 1. The minimum atomic E-state index is 0.707. The molecule has 0 aliphatic heterocycles. The third-order valence-electron chi connectivity index (χ3n) is 1.72. The highest BCUT2D eigenvalue weighted by Crippen LogP contribution is 2.23. The molecule has 0 saturated carbocycles. The molecule has 0 fully saturated rings. The molecule has 0 radical (unpaired) electrons. The zero-order valence-electron chi connectivity index (χ0n) is 7.23. The van der Waals surface area contributed by atoms with Gasteiger partial charge in [-0.25, -0.2) is 4.98 Å². The molecule has 0 spiro atoms. The zero-order valence-corrected chi connectivity index (χ0v) is 8.04. The second kappa shape index (κ2) is 3.66. The minimum Gasteiger partial charge on any atom is -0.431 e. The first-order chi connectivity index (χ1) is 6.40. The van der Waals surface area contributed by atoms with Crippen LogP contribution in [0.4, 0.5) is 0 Å². The number of aromatic nitrogens is 1. The van der Waals surface area contributed by atoms with E-state index in [1.807, 2.05) is 36.6 Å². The Bertz CT molecular complexity index is 383. The van der Waals surface area contributed by atoms with Crippen molar-refractivity contribution in [1.29, 1.82) is 0 Å². The van der Waals surface area contributed by atoms with Gasteiger partial charge in [0.25, 0.3) is 5.22 Å². The van der Waals surface area contributed by atoms with Crippen LogP contribution >= 0.6 is 11.8 Å². The fraction of sp³-hybridized carbons (Fsp3) is 0.100. The van der Waals surface area contributed by atoms with Crippen molar-refractivity contribution >= 4 is 11.8 Å². The molecule has 66 valence electrons. The molecule has 0 bridgehead atoms. The normalized spacial score (nSPS) is 10.2. The van der Waals surface area contributed by atoms with Gasteiger partial charge >= 0.3 is 0 Å². The number of hydrogen-bond donors (Lipinski definition) is 0. The predicted molar refractivity (Wildman–Crippen MR) is 53.7 cm³/mol. The van der Waals surface area contributed by atoms with Crippen molar-refractivity contribution in [2.24, 2.45) is 0 Å². The van der Waals surface area contributed by atoms with Gasteiger partial charge in [0.2, 0.25) is 0 Å². The maximum absolute atomic E-state index is 5.47. The number of nitrogens with zero attached hydrogens (tertiary/aromatic N) is 1. The summed E-state index contributed by atoms with van der Waals surface area (Å²) in [6.45, 7) is 0. The van der Waals surface area contributed by atoms with Gasteiger partial charge in [-0.15, -0.1) is 0 Å². The molecule has 1 aromatic heterocycles. The van der Waals surface area contributed by atoms with E-state index in [9.17, 15) is 0 Å². The average molecular weight is 191 g/mol. The summed E-state index contributed by atoms with van der Waals surface area (Å²) in [4.78, 5) is 4.11. The summed E-state index contributed by atoms with van der Waals surface area (Å²) in [6.07, 6.45) is 3.70. The van der Waals surface area contributed by atoms with Crippen molar-refractivity contribution in [3.05, 3.63) is 36.5 Å². The van der Waals surface area contributed by atoms with Crippen LogP contribution in [0.25, 0.3) is 11.3 Å². The fourth-order valence-corrected chi connectivity index (χ4v) is 1.42. The third kappa shape index (κ3) is 1.75. The van der Waals surface area contributed by atoms with Crippen molar-refractivity contribution in [1.82, 2.24) is 4.98 Å². The van der Waals surface area contributed by atoms with Crippen molar-refractivity contribution in [2.75, 3.05) is 6.26 Å². The number of rotatable bonds is 2. The summed E-state index contributed by atoms with van der Waals surface area (Å²) in [6, 6.07) is 9.96. The van der Waals surface area contributed by atoms with Crippen LogP contribution in [0.1, 0.15) is 0 Å². The molecule has 2 rings (SSSR count). The highest BCUT2D eigenvalue weighted by atomic mass is 32.2. The van der Waals surface area contributed by atoms with Crippen LogP contribution in [0.3, 0.4) is 0 Å². The van der Waals surface area contributed by atoms with E-state index in [-0.39, 0.29) is 0 Å². The maximum Gasteiger partial charge on any atom is 0.255 e. The van der Waals surface area contributed by atoms with E-state index < -0.39 is 0 Å². The molecule has 2 nitrogen and oxygen atoms in total. The first-order valence-corrected chi connectivity index (χ1v) is 5.18. The predicted octanol–water partition coefficient (Wildman–Crippen LogP) is 3.06. The molecule has 0 atom stereocenters. The summed E-state index contributed by atoms with van der Waals surface area (Å²) in [7, 11) is 0. The molecule has 1 aromatic carbocycles. The Balaban J connectivity index is 2.36. The summed E-state index contributed by atoms with van der Waals surface area (Å²) >= 11 is 1.51. The lowest BCUT2D eigenvalue weighted by atomic mass is 10.2. The monoisotopic (exact) mass is 191 g/mol. The van der Waals surface area contributed by atoms with E-state index in [4.69, 9.17) is 4.42 Å². The first-order valence-electron chi connectivity index (χ1n) is 3.95. The van der Waals surface area contributed by atoms with E-state index in [2.05, 4.69) is 4.98 Å². The first kappa shape index (κ1) is 8.38. The van der Waals surface area contributed by atoms with Crippen LogP contribution in [0, 0.1) is 0 Å². The van der Waals surface area contributed by atoms with Gasteiger partial charge in [-0.1, -0.05) is 42.1 Å². The molecule has 0 N–H and O–H groups in total. The molecule has 0 aliphatic carbocycles. The van der Waals surface area contributed by atoms with Gasteiger partial charge in [0, 0.05) is 5.56 Å². The lowest BCUT2D eigenvalue weighted by Crippen LogP contribution is -1.69. The Morgan fingerprint density at radius 1 is 1.23 bits per heavy atom. The smallest absolute Gasteiger partial charge is 0.255 e. The number of oxazole rings is 1. The van der Waals surface area contributed by atoms with E-state index in [0.29, 0.717) is 5.22 Å². The van der Waals surface area contributed by atoms with Crippen LogP contribution in [0.15, 0.2) is 46.2 Å². The zero-order chi connectivity index (χ0) is 9.10. The molecular weight excluding hydrogens is 182 g/mol. The number of benzene rings is 1. The van der Waals surface area contributed by atoms with Gasteiger partial charge < -0.3 is 4.42 Å².